The second-order valence-electron chi connectivity index (χ2n) is 9.56. The van der Waals surface area contributed by atoms with Crippen LogP contribution in [-0.2, 0) is 16.8 Å². The largest absolute Gasteiger partial charge is 0.419 e. The van der Waals surface area contributed by atoms with E-state index in [4.69, 9.17) is 20.2 Å². The van der Waals surface area contributed by atoms with Gasteiger partial charge in [0.2, 0.25) is 5.89 Å². The Morgan fingerprint density at radius 1 is 1.26 bits per heavy atom. The molecule has 0 aliphatic carbocycles. The molecule has 1 saturated heterocycles. The number of carbonyl (C=O) groups excluding carboxylic acids is 1. The summed E-state index contributed by atoms with van der Waals surface area (Å²) in [6.45, 7) is 8.75. The highest BCUT2D eigenvalue weighted by Gasteiger charge is 2.30. The van der Waals surface area contributed by atoms with Crippen molar-refractivity contribution >= 4 is 11.7 Å². The van der Waals surface area contributed by atoms with Gasteiger partial charge in [-0.15, -0.1) is 10.2 Å². The number of anilines is 1. The van der Waals surface area contributed by atoms with Gasteiger partial charge in [-0.05, 0) is 19.8 Å². The van der Waals surface area contributed by atoms with Gasteiger partial charge in [-0.1, -0.05) is 20.8 Å². The summed E-state index contributed by atoms with van der Waals surface area (Å²) < 4.78 is 7.55. The molecule has 35 heavy (non-hydrogen) atoms. The molecular weight excluding hydrogens is 454 g/mol. The number of carbonyl (C=O) groups is 1. The molecule has 0 saturated carbocycles. The SMILES string of the molecule is CCn1nc(C2CCN(C(=O)[C@@H](O)CO)CC2)nc1-c1cnc(N)c(-c2nnc(C(C)(C)C)o2)n1. The zero-order valence-electron chi connectivity index (χ0n) is 20.3. The van der Waals surface area contributed by atoms with Crippen molar-refractivity contribution in [2.75, 3.05) is 25.4 Å². The number of rotatable bonds is 6. The van der Waals surface area contributed by atoms with E-state index in [0.29, 0.717) is 55.7 Å². The predicted octanol–water partition coefficient (Wildman–Crippen LogP) is 0.744. The molecule has 0 spiro atoms. The summed E-state index contributed by atoms with van der Waals surface area (Å²) in [5.74, 6) is 1.61. The van der Waals surface area contributed by atoms with E-state index >= 15 is 0 Å². The third-order valence-electron chi connectivity index (χ3n) is 5.92. The Balaban J connectivity index is 1.58. The lowest BCUT2D eigenvalue weighted by Gasteiger charge is -2.31. The molecule has 4 N–H and O–H groups in total. The first-order valence-electron chi connectivity index (χ1n) is 11.6. The van der Waals surface area contributed by atoms with Crippen molar-refractivity contribution in [3.8, 4) is 23.1 Å². The molecule has 1 fully saturated rings. The number of nitrogen functional groups attached to an aromatic ring is 1. The number of hydrogen-bond acceptors (Lipinski definition) is 11. The summed E-state index contributed by atoms with van der Waals surface area (Å²) in [6.07, 6.45) is 1.45. The molecule has 0 unspecified atom stereocenters. The summed E-state index contributed by atoms with van der Waals surface area (Å²) in [4.78, 5) is 27.3. The van der Waals surface area contributed by atoms with Crippen LogP contribution in [0.15, 0.2) is 10.6 Å². The van der Waals surface area contributed by atoms with E-state index in [-0.39, 0.29) is 28.7 Å². The molecule has 188 valence electrons. The average Bonchev–Trinajstić information content (AvgIpc) is 3.51. The van der Waals surface area contributed by atoms with Gasteiger partial charge in [0.15, 0.2) is 29.3 Å². The molecule has 1 atom stereocenters. The van der Waals surface area contributed by atoms with Crippen molar-refractivity contribution in [3.63, 3.8) is 0 Å². The summed E-state index contributed by atoms with van der Waals surface area (Å²) >= 11 is 0. The van der Waals surface area contributed by atoms with E-state index in [0.717, 1.165) is 0 Å². The van der Waals surface area contributed by atoms with Crippen molar-refractivity contribution in [3.05, 3.63) is 17.9 Å². The number of aromatic nitrogens is 7. The predicted molar refractivity (Wildman–Crippen MR) is 125 cm³/mol. The number of amides is 1. The minimum Gasteiger partial charge on any atom is -0.419 e. The maximum Gasteiger partial charge on any atom is 0.270 e. The lowest BCUT2D eigenvalue weighted by molar-refractivity contribution is -0.143. The lowest BCUT2D eigenvalue weighted by Crippen LogP contribution is -2.44. The van der Waals surface area contributed by atoms with Crippen LogP contribution in [-0.4, -0.2) is 81.8 Å². The number of aliphatic hydroxyl groups is 2. The molecule has 13 nitrogen and oxygen atoms in total. The number of likely N-dealkylation sites (tertiary alicyclic amines) is 1. The first-order chi connectivity index (χ1) is 16.6. The Morgan fingerprint density at radius 3 is 2.57 bits per heavy atom. The quantitative estimate of drug-likeness (QED) is 0.448. The molecule has 0 aromatic carbocycles. The van der Waals surface area contributed by atoms with Crippen LogP contribution in [0, 0.1) is 0 Å². The molecule has 3 aromatic rings. The second-order valence-corrected chi connectivity index (χ2v) is 9.56. The molecule has 13 heteroatoms. The van der Waals surface area contributed by atoms with E-state index in [9.17, 15) is 9.90 Å². The van der Waals surface area contributed by atoms with Gasteiger partial charge in [-0.3, -0.25) is 4.79 Å². The first kappa shape index (κ1) is 24.7. The smallest absolute Gasteiger partial charge is 0.270 e. The number of nitrogens with two attached hydrogens (primary N) is 1. The van der Waals surface area contributed by atoms with Crippen molar-refractivity contribution in [1.82, 2.24) is 39.8 Å². The summed E-state index contributed by atoms with van der Waals surface area (Å²) in [6, 6.07) is 0. The topological polar surface area (TPSA) is 182 Å². The van der Waals surface area contributed by atoms with Crippen LogP contribution in [0.4, 0.5) is 5.82 Å². The van der Waals surface area contributed by atoms with Crippen LogP contribution in [0.25, 0.3) is 23.1 Å². The highest BCUT2D eigenvalue weighted by Crippen LogP contribution is 2.30. The fourth-order valence-corrected chi connectivity index (χ4v) is 3.87. The third-order valence-corrected chi connectivity index (χ3v) is 5.92. The summed E-state index contributed by atoms with van der Waals surface area (Å²) in [5, 5.41) is 31.5. The normalized spacial score (nSPS) is 16.0. The standard InChI is InChI=1S/C22H31N9O4/c1-5-31-18(26-17(29-31)12-6-8-30(9-7-12)20(34)14(33)11-32)13-10-24-16(23)15(25-13)19-27-28-21(35-19)22(2,3)4/h10,12,14,32-33H,5-9,11H2,1-4H3,(H2,23,24)/t14-/m0/s1. The molecular formula is C22H31N9O4. The van der Waals surface area contributed by atoms with Gasteiger partial charge >= 0.3 is 0 Å². The zero-order valence-corrected chi connectivity index (χ0v) is 20.3. The highest BCUT2D eigenvalue weighted by atomic mass is 16.4. The molecule has 4 heterocycles. The van der Waals surface area contributed by atoms with Gasteiger partial charge in [0.1, 0.15) is 5.69 Å². The average molecular weight is 486 g/mol. The maximum absolute atomic E-state index is 12.1. The Bertz CT molecular complexity index is 1190. The molecule has 4 rings (SSSR count). The molecule has 3 aromatic heterocycles. The van der Waals surface area contributed by atoms with Crippen LogP contribution >= 0.6 is 0 Å². The lowest BCUT2D eigenvalue weighted by atomic mass is 9.96. The van der Waals surface area contributed by atoms with Crippen molar-refractivity contribution < 1.29 is 19.4 Å². The van der Waals surface area contributed by atoms with Crippen molar-refractivity contribution in [2.24, 2.45) is 0 Å². The Hall–Kier alpha value is -3.45. The number of aryl methyl sites for hydroxylation is 1. The van der Waals surface area contributed by atoms with Crippen molar-refractivity contribution in [1.29, 1.82) is 0 Å². The van der Waals surface area contributed by atoms with Gasteiger partial charge in [-0.25, -0.2) is 19.6 Å². The van der Waals surface area contributed by atoms with Crippen molar-refractivity contribution in [2.45, 2.75) is 64.5 Å². The van der Waals surface area contributed by atoms with Crippen LogP contribution in [0.3, 0.4) is 0 Å². The fraction of sp³-hybridized carbons (Fsp3) is 0.591. The molecule has 1 aliphatic rings. The Labute approximate surface area is 202 Å². The minimum atomic E-state index is -1.38. The first-order valence-corrected chi connectivity index (χ1v) is 11.6. The van der Waals surface area contributed by atoms with Crippen LogP contribution < -0.4 is 5.73 Å². The molecule has 0 radical (unpaired) electrons. The van der Waals surface area contributed by atoms with E-state index in [1.165, 1.54) is 6.20 Å². The van der Waals surface area contributed by atoms with E-state index in [2.05, 4.69) is 25.3 Å². The van der Waals surface area contributed by atoms with E-state index in [1.54, 1.807) is 9.58 Å². The third kappa shape index (κ3) is 5.00. The van der Waals surface area contributed by atoms with E-state index in [1.807, 2.05) is 27.7 Å². The molecule has 1 amide bonds. The van der Waals surface area contributed by atoms with Crippen LogP contribution in [0.5, 0.6) is 0 Å². The van der Waals surface area contributed by atoms with Gasteiger partial charge in [0, 0.05) is 31.0 Å². The molecule has 1 aliphatic heterocycles. The van der Waals surface area contributed by atoms with Gasteiger partial charge < -0.3 is 25.3 Å². The van der Waals surface area contributed by atoms with Crippen LogP contribution in [0.1, 0.15) is 58.2 Å². The number of hydrogen-bond donors (Lipinski definition) is 3. The zero-order chi connectivity index (χ0) is 25.3. The van der Waals surface area contributed by atoms with Gasteiger partial charge in [-0.2, -0.15) is 5.10 Å². The Morgan fingerprint density at radius 2 is 1.97 bits per heavy atom. The maximum atomic E-state index is 12.1. The highest BCUT2D eigenvalue weighted by molar-refractivity contribution is 5.80. The minimum absolute atomic E-state index is 0.0448. The fourth-order valence-electron chi connectivity index (χ4n) is 3.87. The number of aliphatic hydroxyl groups excluding tert-OH is 2. The molecule has 0 bridgehead atoms. The summed E-state index contributed by atoms with van der Waals surface area (Å²) in [5.41, 5.74) is 6.51. The number of piperidine rings is 1. The Kier molecular flexibility index (Phi) is 6.81. The van der Waals surface area contributed by atoms with E-state index < -0.39 is 18.6 Å². The number of nitrogens with zero attached hydrogens (tertiary/aromatic N) is 8. The van der Waals surface area contributed by atoms with Crippen LogP contribution in [0.2, 0.25) is 0 Å². The summed E-state index contributed by atoms with van der Waals surface area (Å²) in [7, 11) is 0. The second kappa shape index (κ2) is 9.66. The monoisotopic (exact) mass is 485 g/mol. The van der Waals surface area contributed by atoms with Gasteiger partial charge in [0.05, 0.1) is 12.8 Å². The van der Waals surface area contributed by atoms with Gasteiger partial charge in [0.25, 0.3) is 11.8 Å².